The van der Waals surface area contributed by atoms with Crippen LogP contribution in [0.1, 0.15) is 5.56 Å². The topological polar surface area (TPSA) is 117 Å². The van der Waals surface area contributed by atoms with Gasteiger partial charge in [-0.2, -0.15) is 5.10 Å². The molecule has 0 unspecified atom stereocenters. The van der Waals surface area contributed by atoms with Crippen LogP contribution in [0.25, 0.3) is 38.8 Å². The van der Waals surface area contributed by atoms with E-state index in [2.05, 4.69) is 15.1 Å². The second kappa shape index (κ2) is 6.93. The Balaban J connectivity index is 1.86. The van der Waals surface area contributed by atoms with Crippen LogP contribution < -0.4 is 11.4 Å². The maximum atomic E-state index is 13.1. The molecule has 10 heteroatoms. The van der Waals surface area contributed by atoms with Crippen LogP contribution in [0.4, 0.5) is 5.82 Å². The molecule has 0 radical (unpaired) electrons. The standard InChI is InChI=1S/C21H18ClN7O2/c1-27-9-17(19(22)26-27)29-18-14-6-11(12-5-13(10-30)20(23)25-7-12)3-4-15(14)24-8-16(18)28(2)21(29)31/h3-9,30H,10H2,1-2H3,(H2,23,25). The van der Waals surface area contributed by atoms with Crippen molar-refractivity contribution in [2.24, 2.45) is 14.1 Å². The van der Waals surface area contributed by atoms with Crippen molar-refractivity contribution in [3.05, 3.63) is 64.1 Å². The third-order valence-electron chi connectivity index (χ3n) is 5.40. The molecule has 0 aliphatic carbocycles. The number of imidazole rings is 1. The van der Waals surface area contributed by atoms with E-state index in [4.69, 9.17) is 17.3 Å². The Morgan fingerprint density at radius 2 is 1.94 bits per heavy atom. The van der Waals surface area contributed by atoms with Crippen LogP contribution in [-0.2, 0) is 20.7 Å². The molecule has 31 heavy (non-hydrogen) atoms. The summed E-state index contributed by atoms with van der Waals surface area (Å²) in [5.41, 5.74) is 10.3. The molecule has 0 bridgehead atoms. The average molecular weight is 436 g/mol. The summed E-state index contributed by atoms with van der Waals surface area (Å²) in [4.78, 5) is 21.8. The maximum Gasteiger partial charge on any atom is 0.333 e. The average Bonchev–Trinajstić information content (AvgIpc) is 3.23. The first-order valence-corrected chi connectivity index (χ1v) is 9.82. The summed E-state index contributed by atoms with van der Waals surface area (Å²) in [7, 11) is 3.44. The van der Waals surface area contributed by atoms with Gasteiger partial charge in [-0.05, 0) is 23.8 Å². The molecule has 4 heterocycles. The quantitative estimate of drug-likeness (QED) is 0.449. The van der Waals surface area contributed by atoms with Crippen molar-refractivity contribution in [3.63, 3.8) is 0 Å². The summed E-state index contributed by atoms with van der Waals surface area (Å²) < 4.78 is 4.65. The van der Waals surface area contributed by atoms with E-state index in [0.29, 0.717) is 28.1 Å². The Labute approximate surface area is 180 Å². The molecule has 0 aliphatic heterocycles. The molecule has 0 amide bonds. The number of rotatable bonds is 3. The van der Waals surface area contributed by atoms with Gasteiger partial charge in [-0.3, -0.25) is 18.8 Å². The summed E-state index contributed by atoms with van der Waals surface area (Å²) in [5, 5.41) is 14.7. The summed E-state index contributed by atoms with van der Waals surface area (Å²) in [6, 6.07) is 7.54. The van der Waals surface area contributed by atoms with Gasteiger partial charge in [0.25, 0.3) is 0 Å². The molecule has 5 rings (SSSR count). The largest absolute Gasteiger partial charge is 0.392 e. The minimum absolute atomic E-state index is 0.205. The van der Waals surface area contributed by atoms with Crippen LogP contribution >= 0.6 is 11.6 Å². The van der Waals surface area contributed by atoms with Gasteiger partial charge in [-0.15, -0.1) is 0 Å². The van der Waals surface area contributed by atoms with Crippen molar-refractivity contribution in [1.82, 2.24) is 28.9 Å². The smallest absolute Gasteiger partial charge is 0.333 e. The van der Waals surface area contributed by atoms with E-state index in [1.807, 2.05) is 18.2 Å². The highest BCUT2D eigenvalue weighted by atomic mass is 35.5. The number of nitrogen functional groups attached to an aromatic ring is 1. The van der Waals surface area contributed by atoms with Crippen molar-refractivity contribution in [1.29, 1.82) is 0 Å². The number of nitrogens with two attached hydrogens (primary N) is 1. The molecule has 4 aromatic heterocycles. The van der Waals surface area contributed by atoms with E-state index < -0.39 is 0 Å². The van der Waals surface area contributed by atoms with Gasteiger partial charge in [-0.25, -0.2) is 9.78 Å². The number of hydrogen-bond donors (Lipinski definition) is 2. The number of benzene rings is 1. The van der Waals surface area contributed by atoms with E-state index in [1.165, 1.54) is 4.57 Å². The van der Waals surface area contributed by atoms with Crippen molar-refractivity contribution >= 4 is 39.4 Å². The fourth-order valence-electron chi connectivity index (χ4n) is 3.80. The number of nitrogens with zero attached hydrogens (tertiary/aromatic N) is 6. The second-order valence-corrected chi connectivity index (χ2v) is 7.66. The molecule has 3 N–H and O–H groups in total. The third kappa shape index (κ3) is 2.89. The molecule has 0 saturated heterocycles. The number of aliphatic hydroxyl groups is 1. The molecule has 156 valence electrons. The maximum absolute atomic E-state index is 13.1. The predicted molar refractivity (Wildman–Crippen MR) is 119 cm³/mol. The molecule has 0 aliphatic rings. The Kier molecular flexibility index (Phi) is 4.31. The van der Waals surface area contributed by atoms with Gasteiger partial charge in [0.2, 0.25) is 0 Å². The number of hydrogen-bond acceptors (Lipinski definition) is 6. The van der Waals surface area contributed by atoms with Crippen LogP contribution in [-0.4, -0.2) is 34.0 Å². The van der Waals surface area contributed by atoms with E-state index in [-0.39, 0.29) is 17.4 Å². The summed E-state index contributed by atoms with van der Waals surface area (Å²) in [5.74, 6) is 0.291. The fraction of sp³-hybridized carbons (Fsp3) is 0.143. The monoisotopic (exact) mass is 435 g/mol. The number of fused-ring (bicyclic) bond motifs is 3. The van der Waals surface area contributed by atoms with E-state index >= 15 is 0 Å². The zero-order valence-corrected chi connectivity index (χ0v) is 17.5. The molecule has 0 saturated carbocycles. The lowest BCUT2D eigenvalue weighted by molar-refractivity contribution is 0.282. The second-order valence-electron chi connectivity index (χ2n) is 7.31. The number of halogens is 1. The SMILES string of the molecule is Cn1cc(-n2c(=O)n(C)c3cnc4ccc(-c5cnc(N)c(CO)c5)cc4c32)c(Cl)n1. The van der Waals surface area contributed by atoms with E-state index in [9.17, 15) is 9.90 Å². The van der Waals surface area contributed by atoms with Crippen LogP contribution in [0.3, 0.4) is 0 Å². The van der Waals surface area contributed by atoms with Gasteiger partial charge in [0.15, 0.2) is 5.15 Å². The number of pyridine rings is 2. The summed E-state index contributed by atoms with van der Waals surface area (Å²) in [6.45, 7) is -0.205. The molecular weight excluding hydrogens is 418 g/mol. The predicted octanol–water partition coefficient (Wildman–Crippen LogP) is 2.40. The number of anilines is 1. The van der Waals surface area contributed by atoms with Crippen LogP contribution in [0.5, 0.6) is 0 Å². The highest BCUT2D eigenvalue weighted by Gasteiger charge is 2.20. The molecule has 9 nitrogen and oxygen atoms in total. The highest BCUT2D eigenvalue weighted by Crippen LogP contribution is 2.31. The van der Waals surface area contributed by atoms with Crippen molar-refractivity contribution < 1.29 is 5.11 Å². The minimum atomic E-state index is -0.249. The molecule has 0 atom stereocenters. The lowest BCUT2D eigenvalue weighted by Crippen LogP contribution is -2.20. The zero-order valence-electron chi connectivity index (χ0n) is 16.7. The summed E-state index contributed by atoms with van der Waals surface area (Å²) >= 11 is 6.33. The Hall–Kier alpha value is -3.69. The number of aliphatic hydroxyl groups excluding tert-OH is 1. The molecule has 1 aromatic carbocycles. The van der Waals surface area contributed by atoms with Gasteiger partial charge >= 0.3 is 5.69 Å². The van der Waals surface area contributed by atoms with Gasteiger partial charge in [-0.1, -0.05) is 17.7 Å². The molecule has 5 aromatic rings. The normalized spacial score (nSPS) is 11.6. The van der Waals surface area contributed by atoms with Gasteiger partial charge in [0.05, 0.1) is 35.6 Å². The minimum Gasteiger partial charge on any atom is -0.392 e. The van der Waals surface area contributed by atoms with Gasteiger partial charge in [0.1, 0.15) is 11.5 Å². The Morgan fingerprint density at radius 1 is 1.13 bits per heavy atom. The summed E-state index contributed by atoms with van der Waals surface area (Å²) in [6.07, 6.45) is 5.03. The van der Waals surface area contributed by atoms with Gasteiger partial charge < -0.3 is 10.8 Å². The zero-order chi connectivity index (χ0) is 21.9. The number of aromatic nitrogens is 6. The van der Waals surface area contributed by atoms with Gasteiger partial charge in [0, 0.05) is 36.8 Å². The fourth-order valence-corrected chi connectivity index (χ4v) is 4.06. The first kappa shape index (κ1) is 19.3. The molecular formula is C21H18ClN7O2. The van der Waals surface area contributed by atoms with Crippen LogP contribution in [0, 0.1) is 0 Å². The van der Waals surface area contributed by atoms with Crippen LogP contribution in [0.2, 0.25) is 5.15 Å². The van der Waals surface area contributed by atoms with E-state index in [1.54, 1.807) is 48.0 Å². The Morgan fingerprint density at radius 3 is 2.65 bits per heavy atom. The van der Waals surface area contributed by atoms with E-state index in [0.717, 1.165) is 22.0 Å². The Bertz CT molecular complexity index is 1550. The van der Waals surface area contributed by atoms with Crippen molar-refractivity contribution in [2.75, 3.05) is 5.73 Å². The number of aryl methyl sites for hydroxylation is 2. The lowest BCUT2D eigenvalue weighted by atomic mass is 10.0. The third-order valence-corrected chi connectivity index (χ3v) is 5.66. The first-order chi connectivity index (χ1) is 14.9. The van der Waals surface area contributed by atoms with Crippen molar-refractivity contribution in [2.45, 2.75) is 6.61 Å². The molecule has 0 spiro atoms. The van der Waals surface area contributed by atoms with Crippen molar-refractivity contribution in [3.8, 4) is 16.8 Å². The first-order valence-electron chi connectivity index (χ1n) is 9.44. The molecule has 0 fully saturated rings. The highest BCUT2D eigenvalue weighted by molar-refractivity contribution is 6.31. The lowest BCUT2D eigenvalue weighted by Gasteiger charge is -2.09. The van der Waals surface area contributed by atoms with Crippen LogP contribution in [0.15, 0.2) is 47.7 Å².